The molecule has 0 aliphatic heterocycles. The monoisotopic (exact) mass is 426 g/mol. The largest absolute Gasteiger partial charge is 0.497 e. The molecule has 0 fully saturated rings. The lowest BCUT2D eigenvalue weighted by atomic mass is 10.1. The molecule has 3 aromatic carbocycles. The van der Waals surface area contributed by atoms with E-state index in [9.17, 15) is 4.79 Å². The zero-order valence-corrected chi connectivity index (χ0v) is 17.4. The van der Waals surface area contributed by atoms with Gasteiger partial charge in [-0.2, -0.15) is 14.8 Å². The van der Waals surface area contributed by atoms with Crippen molar-refractivity contribution in [2.45, 2.75) is 0 Å². The minimum absolute atomic E-state index is 0.198. The lowest BCUT2D eigenvalue weighted by Gasteiger charge is -2.09. The second-order valence-corrected chi connectivity index (χ2v) is 6.93. The molecule has 8 heteroatoms. The molecule has 158 valence electrons. The van der Waals surface area contributed by atoms with Crippen molar-refractivity contribution in [1.29, 1.82) is 0 Å². The number of methoxy groups -OCH3 is 2. The first-order valence-corrected chi connectivity index (χ1v) is 9.83. The van der Waals surface area contributed by atoms with Crippen LogP contribution >= 0.6 is 0 Å². The van der Waals surface area contributed by atoms with Gasteiger partial charge in [-0.1, -0.05) is 35.5 Å². The topological polar surface area (TPSA) is 92.3 Å². The van der Waals surface area contributed by atoms with E-state index in [0.717, 1.165) is 0 Å². The van der Waals surface area contributed by atoms with Crippen molar-refractivity contribution < 1.29 is 14.0 Å². The number of para-hydroxylation sites is 1. The van der Waals surface area contributed by atoms with Crippen LogP contribution in [-0.4, -0.2) is 34.1 Å². The molecule has 0 saturated carbocycles. The standard InChI is InChI=1S/C24H18N4O4/c1-30-16-13-11-15(12-14-16)28-24(29)18-8-4-3-7-17(18)21(26-28)23-25-22(27-32-23)19-9-5-6-10-20(19)31-2/h3-14H,1-2H3. The smallest absolute Gasteiger partial charge is 0.279 e. The fourth-order valence-electron chi connectivity index (χ4n) is 3.50. The number of aromatic nitrogens is 4. The minimum atomic E-state index is -0.251. The van der Waals surface area contributed by atoms with Gasteiger partial charge in [0.05, 0.1) is 30.9 Å². The quantitative estimate of drug-likeness (QED) is 0.417. The van der Waals surface area contributed by atoms with E-state index in [-0.39, 0.29) is 11.4 Å². The minimum Gasteiger partial charge on any atom is -0.497 e. The number of rotatable bonds is 5. The molecule has 0 saturated heterocycles. The van der Waals surface area contributed by atoms with Crippen LogP contribution in [0.3, 0.4) is 0 Å². The van der Waals surface area contributed by atoms with E-state index in [2.05, 4.69) is 15.2 Å². The highest BCUT2D eigenvalue weighted by atomic mass is 16.5. The van der Waals surface area contributed by atoms with E-state index >= 15 is 0 Å². The highest BCUT2D eigenvalue weighted by molar-refractivity contribution is 5.92. The van der Waals surface area contributed by atoms with Crippen LogP contribution in [-0.2, 0) is 0 Å². The summed E-state index contributed by atoms with van der Waals surface area (Å²) in [6.45, 7) is 0. The maximum atomic E-state index is 13.2. The number of nitrogens with zero attached hydrogens (tertiary/aromatic N) is 4. The number of ether oxygens (including phenoxy) is 2. The summed E-state index contributed by atoms with van der Waals surface area (Å²) in [5.74, 6) is 1.87. The highest BCUT2D eigenvalue weighted by Crippen LogP contribution is 2.30. The van der Waals surface area contributed by atoms with Gasteiger partial charge in [0, 0.05) is 5.39 Å². The van der Waals surface area contributed by atoms with Gasteiger partial charge in [-0.15, -0.1) is 0 Å². The van der Waals surface area contributed by atoms with Gasteiger partial charge in [0.2, 0.25) is 5.82 Å². The maximum absolute atomic E-state index is 13.2. The van der Waals surface area contributed by atoms with Gasteiger partial charge in [0.25, 0.3) is 11.4 Å². The van der Waals surface area contributed by atoms with Crippen LogP contribution in [0.4, 0.5) is 0 Å². The Labute approximate surface area is 182 Å². The van der Waals surface area contributed by atoms with Crippen LogP contribution in [0.2, 0.25) is 0 Å². The summed E-state index contributed by atoms with van der Waals surface area (Å²) in [6, 6.07) is 21.7. The first-order valence-electron chi connectivity index (χ1n) is 9.83. The van der Waals surface area contributed by atoms with Crippen molar-refractivity contribution in [2.24, 2.45) is 0 Å². The molecule has 0 unspecified atom stereocenters. The van der Waals surface area contributed by atoms with E-state index in [1.165, 1.54) is 4.68 Å². The van der Waals surface area contributed by atoms with E-state index in [0.29, 0.717) is 45.0 Å². The zero-order valence-electron chi connectivity index (χ0n) is 17.4. The third-order valence-corrected chi connectivity index (χ3v) is 5.10. The molecule has 8 nitrogen and oxygen atoms in total. The summed E-state index contributed by atoms with van der Waals surface area (Å²) < 4.78 is 17.5. The lowest BCUT2D eigenvalue weighted by Crippen LogP contribution is -2.22. The lowest BCUT2D eigenvalue weighted by molar-refractivity contribution is 0.413. The summed E-state index contributed by atoms with van der Waals surface area (Å²) in [4.78, 5) is 17.7. The summed E-state index contributed by atoms with van der Waals surface area (Å²) in [5, 5.41) is 9.81. The van der Waals surface area contributed by atoms with Crippen molar-refractivity contribution in [2.75, 3.05) is 14.2 Å². The molecular weight excluding hydrogens is 408 g/mol. The molecular formula is C24H18N4O4. The average molecular weight is 426 g/mol. The molecule has 2 aromatic heterocycles. The molecule has 5 rings (SSSR count). The Morgan fingerprint density at radius 2 is 1.56 bits per heavy atom. The van der Waals surface area contributed by atoms with Crippen LogP contribution < -0.4 is 15.0 Å². The predicted molar refractivity (Wildman–Crippen MR) is 119 cm³/mol. The van der Waals surface area contributed by atoms with Gasteiger partial charge in [0.1, 0.15) is 11.5 Å². The van der Waals surface area contributed by atoms with Gasteiger partial charge in [-0.25, -0.2) is 0 Å². The second-order valence-electron chi connectivity index (χ2n) is 6.93. The van der Waals surface area contributed by atoms with Crippen LogP contribution in [0.25, 0.3) is 39.4 Å². The first-order chi connectivity index (χ1) is 15.7. The molecule has 0 aliphatic rings. The van der Waals surface area contributed by atoms with Crippen LogP contribution in [0.5, 0.6) is 11.5 Å². The fourth-order valence-corrected chi connectivity index (χ4v) is 3.50. The Balaban J connectivity index is 1.70. The van der Waals surface area contributed by atoms with Gasteiger partial charge in [-0.3, -0.25) is 4.79 Å². The molecule has 0 amide bonds. The molecule has 0 bridgehead atoms. The third kappa shape index (κ3) is 3.27. The Morgan fingerprint density at radius 3 is 2.31 bits per heavy atom. The van der Waals surface area contributed by atoms with Crippen LogP contribution in [0, 0.1) is 0 Å². The molecule has 5 aromatic rings. The molecule has 0 spiro atoms. The normalized spacial score (nSPS) is 10.9. The predicted octanol–water partition coefficient (Wildman–Crippen LogP) is 4.12. The summed E-state index contributed by atoms with van der Waals surface area (Å²) in [7, 11) is 3.17. The molecule has 0 atom stereocenters. The van der Waals surface area contributed by atoms with Crippen LogP contribution in [0.15, 0.2) is 82.1 Å². The number of benzene rings is 3. The Hall–Kier alpha value is -4.46. The Kier molecular flexibility index (Phi) is 4.87. The Bertz CT molecular complexity index is 1470. The Morgan fingerprint density at radius 1 is 0.844 bits per heavy atom. The fraction of sp³-hybridized carbons (Fsp3) is 0.0833. The number of fused-ring (bicyclic) bond motifs is 1. The summed E-state index contributed by atoms with van der Waals surface area (Å²) in [5.41, 5.74) is 1.44. The number of hydrogen-bond acceptors (Lipinski definition) is 7. The maximum Gasteiger partial charge on any atom is 0.279 e. The van der Waals surface area contributed by atoms with E-state index < -0.39 is 0 Å². The zero-order chi connectivity index (χ0) is 22.1. The van der Waals surface area contributed by atoms with E-state index in [1.807, 2.05) is 36.4 Å². The molecule has 32 heavy (non-hydrogen) atoms. The third-order valence-electron chi connectivity index (χ3n) is 5.10. The molecule has 0 aliphatic carbocycles. The van der Waals surface area contributed by atoms with Gasteiger partial charge in [-0.05, 0) is 42.5 Å². The molecule has 0 radical (unpaired) electrons. The summed E-state index contributed by atoms with van der Waals surface area (Å²) >= 11 is 0. The summed E-state index contributed by atoms with van der Waals surface area (Å²) in [6.07, 6.45) is 0. The van der Waals surface area contributed by atoms with Crippen molar-refractivity contribution in [3.8, 4) is 40.2 Å². The molecule has 0 N–H and O–H groups in total. The van der Waals surface area contributed by atoms with Crippen molar-refractivity contribution in [1.82, 2.24) is 19.9 Å². The van der Waals surface area contributed by atoms with Crippen molar-refractivity contribution >= 4 is 10.8 Å². The van der Waals surface area contributed by atoms with Crippen LogP contribution in [0.1, 0.15) is 0 Å². The van der Waals surface area contributed by atoms with E-state index in [1.54, 1.807) is 50.6 Å². The molecule has 2 heterocycles. The number of hydrogen-bond donors (Lipinski definition) is 0. The second kappa shape index (κ2) is 7.99. The van der Waals surface area contributed by atoms with Gasteiger partial charge < -0.3 is 14.0 Å². The highest BCUT2D eigenvalue weighted by Gasteiger charge is 2.20. The van der Waals surface area contributed by atoms with Gasteiger partial charge >= 0.3 is 0 Å². The first kappa shape index (κ1) is 19.5. The van der Waals surface area contributed by atoms with Gasteiger partial charge in [0.15, 0.2) is 5.69 Å². The SMILES string of the molecule is COc1ccc(-n2nc(-c3nc(-c4ccccc4OC)no3)c3ccccc3c2=O)cc1. The van der Waals surface area contributed by atoms with E-state index in [4.69, 9.17) is 14.0 Å². The van der Waals surface area contributed by atoms with Crippen molar-refractivity contribution in [3.63, 3.8) is 0 Å². The average Bonchev–Trinajstić information content (AvgIpc) is 3.34. The van der Waals surface area contributed by atoms with Crippen molar-refractivity contribution in [3.05, 3.63) is 83.2 Å².